The molecule has 1 aliphatic heterocycles. The van der Waals surface area contributed by atoms with Crippen LogP contribution in [-0.2, 0) is 0 Å². The van der Waals surface area contributed by atoms with Gasteiger partial charge in [0.15, 0.2) is 5.82 Å². The number of fused-ring (bicyclic) bond motifs is 1. The Labute approximate surface area is 140 Å². The third-order valence-electron chi connectivity index (χ3n) is 4.33. The molecule has 1 aliphatic rings. The number of nitrogens with zero attached hydrogens (tertiary/aromatic N) is 4. The van der Waals surface area contributed by atoms with Gasteiger partial charge in [-0.25, -0.2) is 9.97 Å². The van der Waals surface area contributed by atoms with Crippen molar-refractivity contribution in [1.82, 2.24) is 14.9 Å². The summed E-state index contributed by atoms with van der Waals surface area (Å²) >= 11 is 1.75. The van der Waals surface area contributed by atoms with Gasteiger partial charge in [-0.05, 0) is 20.0 Å². The van der Waals surface area contributed by atoms with Crippen LogP contribution >= 0.6 is 11.3 Å². The lowest BCUT2D eigenvalue weighted by Gasteiger charge is -2.33. The second-order valence-corrected chi connectivity index (χ2v) is 7.34. The minimum atomic E-state index is 0.828. The molecule has 4 nitrogen and oxygen atoms in total. The van der Waals surface area contributed by atoms with E-state index in [0.29, 0.717) is 0 Å². The molecular formula is C18H20N4S. The summed E-state index contributed by atoms with van der Waals surface area (Å²) in [6.07, 6.45) is 0. The number of hydrogen-bond donors (Lipinski definition) is 0. The lowest BCUT2D eigenvalue weighted by Crippen LogP contribution is -2.44. The van der Waals surface area contributed by atoms with E-state index >= 15 is 0 Å². The number of anilines is 1. The number of thiophene rings is 1. The van der Waals surface area contributed by atoms with Crippen LogP contribution in [0.3, 0.4) is 0 Å². The van der Waals surface area contributed by atoms with Crippen molar-refractivity contribution in [3.05, 3.63) is 41.3 Å². The van der Waals surface area contributed by atoms with Crippen LogP contribution in [0, 0.1) is 6.92 Å². The van der Waals surface area contributed by atoms with Crippen molar-refractivity contribution >= 4 is 27.4 Å². The molecule has 5 heteroatoms. The first-order valence-corrected chi connectivity index (χ1v) is 8.79. The highest BCUT2D eigenvalue weighted by atomic mass is 32.1. The summed E-state index contributed by atoms with van der Waals surface area (Å²) in [5, 5.41) is 1.19. The zero-order chi connectivity index (χ0) is 15.8. The summed E-state index contributed by atoms with van der Waals surface area (Å²) < 4.78 is 0. The maximum Gasteiger partial charge on any atom is 0.163 e. The number of piperazine rings is 1. The molecule has 1 aromatic carbocycles. The average molecular weight is 324 g/mol. The van der Waals surface area contributed by atoms with E-state index in [0.717, 1.165) is 48.2 Å². The Bertz CT molecular complexity index is 820. The zero-order valence-electron chi connectivity index (χ0n) is 13.5. The number of aryl methyl sites for hydroxylation is 1. The summed E-state index contributed by atoms with van der Waals surface area (Å²) in [5.41, 5.74) is 1.08. The molecule has 0 atom stereocenters. The molecule has 4 rings (SSSR count). The maximum absolute atomic E-state index is 4.94. The van der Waals surface area contributed by atoms with Crippen LogP contribution < -0.4 is 4.90 Å². The molecule has 0 spiro atoms. The van der Waals surface area contributed by atoms with Gasteiger partial charge in [-0.1, -0.05) is 30.3 Å². The summed E-state index contributed by atoms with van der Waals surface area (Å²) in [6, 6.07) is 12.5. The van der Waals surface area contributed by atoms with E-state index in [9.17, 15) is 0 Å². The van der Waals surface area contributed by atoms with Crippen LogP contribution in [0.2, 0.25) is 0 Å². The smallest absolute Gasteiger partial charge is 0.163 e. The first kappa shape index (κ1) is 14.6. The van der Waals surface area contributed by atoms with E-state index in [4.69, 9.17) is 9.97 Å². The van der Waals surface area contributed by atoms with Gasteiger partial charge in [-0.2, -0.15) is 0 Å². The van der Waals surface area contributed by atoms with E-state index < -0.39 is 0 Å². The Balaban J connectivity index is 1.84. The van der Waals surface area contributed by atoms with Gasteiger partial charge < -0.3 is 9.80 Å². The van der Waals surface area contributed by atoms with Crippen LogP contribution in [0.4, 0.5) is 5.82 Å². The summed E-state index contributed by atoms with van der Waals surface area (Å²) in [6.45, 7) is 6.34. The van der Waals surface area contributed by atoms with E-state index in [-0.39, 0.29) is 0 Å². The summed E-state index contributed by atoms with van der Waals surface area (Å²) in [5.74, 6) is 1.92. The molecule has 3 heterocycles. The van der Waals surface area contributed by atoms with Gasteiger partial charge in [0.1, 0.15) is 10.6 Å². The monoisotopic (exact) mass is 324 g/mol. The Morgan fingerprint density at radius 2 is 1.74 bits per heavy atom. The molecule has 0 unspecified atom stereocenters. The van der Waals surface area contributed by atoms with Crippen molar-refractivity contribution < 1.29 is 0 Å². The topological polar surface area (TPSA) is 32.3 Å². The fourth-order valence-electron chi connectivity index (χ4n) is 3.00. The molecule has 0 saturated carbocycles. The molecule has 0 N–H and O–H groups in total. The third kappa shape index (κ3) is 2.82. The van der Waals surface area contributed by atoms with Gasteiger partial charge in [-0.3, -0.25) is 0 Å². The molecule has 0 aliphatic carbocycles. The number of rotatable bonds is 2. The van der Waals surface area contributed by atoms with Crippen LogP contribution in [0.5, 0.6) is 0 Å². The fourth-order valence-corrected chi connectivity index (χ4v) is 3.88. The Morgan fingerprint density at radius 1 is 1.00 bits per heavy atom. The largest absolute Gasteiger partial charge is 0.353 e. The highest BCUT2D eigenvalue weighted by Crippen LogP contribution is 2.33. The molecule has 118 valence electrons. The third-order valence-corrected chi connectivity index (χ3v) is 5.27. The average Bonchev–Trinajstić information content (AvgIpc) is 2.96. The van der Waals surface area contributed by atoms with Gasteiger partial charge in [0, 0.05) is 36.6 Å². The second-order valence-electron chi connectivity index (χ2n) is 6.10. The van der Waals surface area contributed by atoms with Crippen LogP contribution in [0.25, 0.3) is 21.6 Å². The quantitative estimate of drug-likeness (QED) is 0.723. The second kappa shape index (κ2) is 5.91. The predicted molar refractivity (Wildman–Crippen MR) is 97.3 cm³/mol. The lowest BCUT2D eigenvalue weighted by atomic mass is 10.2. The van der Waals surface area contributed by atoms with Gasteiger partial charge >= 0.3 is 0 Å². The predicted octanol–water partition coefficient (Wildman–Crippen LogP) is 3.42. The summed E-state index contributed by atoms with van der Waals surface area (Å²) in [7, 11) is 2.18. The van der Waals surface area contributed by atoms with Gasteiger partial charge in [-0.15, -0.1) is 11.3 Å². The van der Waals surface area contributed by atoms with Gasteiger partial charge in [0.25, 0.3) is 0 Å². The van der Waals surface area contributed by atoms with E-state index in [1.807, 2.05) is 18.2 Å². The normalized spacial score (nSPS) is 16.2. The molecule has 2 aromatic heterocycles. The maximum atomic E-state index is 4.94. The molecule has 23 heavy (non-hydrogen) atoms. The van der Waals surface area contributed by atoms with Gasteiger partial charge in [0.2, 0.25) is 0 Å². The molecule has 0 amide bonds. The van der Waals surface area contributed by atoms with Crippen molar-refractivity contribution in [2.24, 2.45) is 0 Å². The molecular weight excluding hydrogens is 304 g/mol. The van der Waals surface area contributed by atoms with Crippen LogP contribution in [0.1, 0.15) is 4.88 Å². The fraction of sp³-hybridized carbons (Fsp3) is 0.333. The van der Waals surface area contributed by atoms with Gasteiger partial charge in [0.05, 0.1) is 5.39 Å². The van der Waals surface area contributed by atoms with Crippen molar-refractivity contribution in [2.45, 2.75) is 6.92 Å². The van der Waals surface area contributed by atoms with Crippen LogP contribution in [0.15, 0.2) is 36.4 Å². The number of likely N-dealkylation sites (N-methyl/N-ethyl adjacent to an activating group) is 1. The molecule has 0 radical (unpaired) electrons. The van der Waals surface area contributed by atoms with E-state index in [1.54, 1.807) is 11.3 Å². The number of aromatic nitrogens is 2. The zero-order valence-corrected chi connectivity index (χ0v) is 14.3. The van der Waals surface area contributed by atoms with Crippen molar-refractivity contribution in [1.29, 1.82) is 0 Å². The Kier molecular flexibility index (Phi) is 3.75. The SMILES string of the molecule is Cc1cc2c(N3CCN(C)CC3)nc(-c3ccccc3)nc2s1. The van der Waals surface area contributed by atoms with Crippen molar-refractivity contribution in [2.75, 3.05) is 38.1 Å². The van der Waals surface area contributed by atoms with E-state index in [1.165, 1.54) is 10.3 Å². The summed E-state index contributed by atoms with van der Waals surface area (Å²) in [4.78, 5) is 16.9. The van der Waals surface area contributed by atoms with Crippen molar-refractivity contribution in [3.63, 3.8) is 0 Å². The highest BCUT2D eigenvalue weighted by Gasteiger charge is 2.20. The minimum absolute atomic E-state index is 0.828. The molecule has 1 fully saturated rings. The first-order chi connectivity index (χ1) is 11.2. The minimum Gasteiger partial charge on any atom is -0.353 e. The molecule has 0 bridgehead atoms. The highest BCUT2D eigenvalue weighted by molar-refractivity contribution is 7.18. The Morgan fingerprint density at radius 3 is 2.48 bits per heavy atom. The van der Waals surface area contributed by atoms with Crippen LogP contribution in [-0.4, -0.2) is 48.1 Å². The Hall–Kier alpha value is -1.98. The number of hydrogen-bond acceptors (Lipinski definition) is 5. The lowest BCUT2D eigenvalue weighted by molar-refractivity contribution is 0.312. The first-order valence-electron chi connectivity index (χ1n) is 7.98. The number of benzene rings is 1. The molecule has 3 aromatic rings. The van der Waals surface area contributed by atoms with Crippen molar-refractivity contribution in [3.8, 4) is 11.4 Å². The van der Waals surface area contributed by atoms with E-state index in [2.05, 4.69) is 42.0 Å². The standard InChI is InChI=1S/C18H20N4S/c1-13-12-15-17(22-10-8-21(2)9-11-22)19-16(20-18(15)23-13)14-6-4-3-5-7-14/h3-7,12H,8-11H2,1-2H3. The molecule has 1 saturated heterocycles.